The average Bonchev–Trinajstić information content (AvgIpc) is 3.27. The van der Waals surface area contributed by atoms with Crippen molar-refractivity contribution in [2.45, 2.75) is 13.2 Å². The number of carbonyl (C=O) groups is 2. The van der Waals surface area contributed by atoms with Crippen LogP contribution in [0.2, 0.25) is 5.02 Å². The van der Waals surface area contributed by atoms with Crippen LogP contribution < -0.4 is 10.1 Å². The maximum atomic E-state index is 12.6. The molecule has 172 valence electrons. The summed E-state index contributed by atoms with van der Waals surface area (Å²) in [5.41, 5.74) is 0.590. The molecule has 1 aromatic heterocycles. The molecule has 0 aliphatic carbocycles. The summed E-state index contributed by atoms with van der Waals surface area (Å²) in [7, 11) is 0. The van der Waals surface area contributed by atoms with Gasteiger partial charge in [-0.3, -0.25) is 14.5 Å². The highest BCUT2D eigenvalue weighted by atomic mass is 35.5. The highest BCUT2D eigenvalue weighted by Crippen LogP contribution is 2.20. The van der Waals surface area contributed by atoms with Crippen LogP contribution in [0, 0.1) is 0 Å². The van der Waals surface area contributed by atoms with Crippen molar-refractivity contribution >= 4 is 29.1 Å². The van der Waals surface area contributed by atoms with Crippen molar-refractivity contribution in [3.63, 3.8) is 0 Å². The number of benzene rings is 2. The number of aromatic nitrogens is 4. The lowest BCUT2D eigenvalue weighted by atomic mass is 10.3. The second-order valence-corrected chi connectivity index (χ2v) is 7.93. The molecule has 1 fully saturated rings. The zero-order valence-electron chi connectivity index (χ0n) is 17.9. The number of rotatable bonds is 8. The van der Waals surface area contributed by atoms with Crippen molar-refractivity contribution in [3.05, 3.63) is 65.4 Å². The standard InChI is InChI=1S/C22H24ClN7O3/c23-18-8-4-5-9-19(18)24-21(31)14-28-10-12-29(13-11-28)22(32)15-30-26-20(25-27-30)16-33-17-6-2-1-3-7-17/h1-9H,10-16H2,(H,24,31). The third-order valence-corrected chi connectivity index (χ3v) is 5.45. The number of carbonyl (C=O) groups excluding carboxylic acids is 2. The Morgan fingerprint density at radius 1 is 0.970 bits per heavy atom. The van der Waals surface area contributed by atoms with Crippen LogP contribution in [0.5, 0.6) is 5.75 Å². The van der Waals surface area contributed by atoms with Crippen LogP contribution in [0.25, 0.3) is 0 Å². The number of hydrogen-bond acceptors (Lipinski definition) is 7. The van der Waals surface area contributed by atoms with E-state index in [9.17, 15) is 9.59 Å². The van der Waals surface area contributed by atoms with E-state index in [1.807, 2.05) is 47.4 Å². The Morgan fingerprint density at radius 2 is 1.70 bits per heavy atom. The van der Waals surface area contributed by atoms with Gasteiger partial charge in [0.1, 0.15) is 12.3 Å². The van der Waals surface area contributed by atoms with E-state index in [0.717, 1.165) is 0 Å². The topological polar surface area (TPSA) is 105 Å². The number of halogens is 1. The van der Waals surface area contributed by atoms with Crippen LogP contribution >= 0.6 is 11.6 Å². The molecule has 0 spiro atoms. The van der Waals surface area contributed by atoms with E-state index in [4.69, 9.17) is 16.3 Å². The van der Waals surface area contributed by atoms with Crippen molar-refractivity contribution in [1.82, 2.24) is 30.0 Å². The molecule has 1 saturated heterocycles. The van der Waals surface area contributed by atoms with Gasteiger partial charge < -0.3 is 15.0 Å². The summed E-state index contributed by atoms with van der Waals surface area (Å²) in [5, 5.41) is 15.4. The van der Waals surface area contributed by atoms with Crippen LogP contribution in [0.1, 0.15) is 5.82 Å². The molecule has 0 bridgehead atoms. The number of amides is 2. The fourth-order valence-electron chi connectivity index (χ4n) is 3.40. The molecule has 33 heavy (non-hydrogen) atoms. The zero-order chi connectivity index (χ0) is 23.0. The minimum Gasteiger partial charge on any atom is -0.485 e. The molecule has 1 aliphatic rings. The number of para-hydroxylation sites is 2. The molecule has 1 aliphatic heterocycles. The summed E-state index contributed by atoms with van der Waals surface area (Å²) < 4.78 is 5.59. The smallest absolute Gasteiger partial charge is 0.246 e. The molecule has 10 nitrogen and oxygen atoms in total. The quantitative estimate of drug-likeness (QED) is 0.535. The summed E-state index contributed by atoms with van der Waals surface area (Å²) >= 11 is 6.08. The first kappa shape index (κ1) is 22.7. The summed E-state index contributed by atoms with van der Waals surface area (Å²) in [6.07, 6.45) is 0. The lowest BCUT2D eigenvalue weighted by molar-refractivity contribution is -0.134. The maximum absolute atomic E-state index is 12.6. The lowest BCUT2D eigenvalue weighted by Gasteiger charge is -2.34. The Morgan fingerprint density at radius 3 is 2.45 bits per heavy atom. The number of ether oxygens (including phenoxy) is 1. The Kier molecular flexibility index (Phi) is 7.48. The molecular formula is C22H24ClN7O3. The van der Waals surface area contributed by atoms with Crippen LogP contribution in [0.4, 0.5) is 5.69 Å². The number of piperazine rings is 1. The lowest BCUT2D eigenvalue weighted by Crippen LogP contribution is -2.51. The largest absolute Gasteiger partial charge is 0.485 e. The van der Waals surface area contributed by atoms with Crippen molar-refractivity contribution < 1.29 is 14.3 Å². The molecule has 2 heterocycles. The van der Waals surface area contributed by atoms with Gasteiger partial charge >= 0.3 is 0 Å². The molecule has 4 rings (SSSR count). The number of tetrazole rings is 1. The van der Waals surface area contributed by atoms with Crippen molar-refractivity contribution in [1.29, 1.82) is 0 Å². The fraction of sp³-hybridized carbons (Fsp3) is 0.318. The van der Waals surface area contributed by atoms with Crippen molar-refractivity contribution in [2.75, 3.05) is 38.0 Å². The molecule has 0 radical (unpaired) electrons. The highest BCUT2D eigenvalue weighted by Gasteiger charge is 2.23. The second kappa shape index (κ2) is 10.9. The maximum Gasteiger partial charge on any atom is 0.246 e. The third-order valence-electron chi connectivity index (χ3n) is 5.12. The summed E-state index contributed by atoms with van der Waals surface area (Å²) in [5.74, 6) is 0.882. The van der Waals surface area contributed by atoms with Crippen molar-refractivity contribution in [2.24, 2.45) is 0 Å². The Balaban J connectivity index is 1.19. The summed E-state index contributed by atoms with van der Waals surface area (Å²) in [6.45, 7) is 2.67. The van der Waals surface area contributed by atoms with E-state index < -0.39 is 0 Å². The van der Waals surface area contributed by atoms with Gasteiger partial charge in [0, 0.05) is 26.2 Å². The molecule has 1 N–H and O–H groups in total. The minimum absolute atomic E-state index is 0.00529. The van der Waals surface area contributed by atoms with Gasteiger partial charge in [-0.25, -0.2) is 0 Å². The SMILES string of the molecule is O=C(CN1CCN(C(=O)Cn2nnc(COc3ccccc3)n2)CC1)Nc1ccccc1Cl. The first-order valence-corrected chi connectivity index (χ1v) is 10.9. The van der Waals surface area contributed by atoms with Crippen LogP contribution in [-0.4, -0.2) is 74.5 Å². The van der Waals surface area contributed by atoms with E-state index >= 15 is 0 Å². The molecular weight excluding hydrogens is 446 g/mol. The predicted octanol–water partition coefficient (Wildman–Crippen LogP) is 1.69. The molecule has 0 saturated carbocycles. The molecule has 2 amide bonds. The van der Waals surface area contributed by atoms with E-state index in [1.54, 1.807) is 17.0 Å². The summed E-state index contributed by atoms with van der Waals surface area (Å²) in [6, 6.07) is 16.5. The first-order valence-electron chi connectivity index (χ1n) is 10.6. The number of hydrogen-bond donors (Lipinski definition) is 1. The molecule has 11 heteroatoms. The minimum atomic E-state index is -0.139. The van der Waals surface area contributed by atoms with E-state index in [-0.39, 0.29) is 31.5 Å². The zero-order valence-corrected chi connectivity index (χ0v) is 18.7. The van der Waals surface area contributed by atoms with E-state index in [0.29, 0.717) is 48.5 Å². The average molecular weight is 470 g/mol. The molecule has 3 aromatic rings. The van der Waals surface area contributed by atoms with Gasteiger partial charge in [-0.05, 0) is 29.5 Å². The molecule has 2 aromatic carbocycles. The second-order valence-electron chi connectivity index (χ2n) is 7.52. The Labute approximate surface area is 196 Å². The van der Waals surface area contributed by atoms with Gasteiger partial charge in [0.05, 0.1) is 17.3 Å². The monoisotopic (exact) mass is 469 g/mol. The van der Waals surface area contributed by atoms with Gasteiger partial charge in [-0.15, -0.1) is 10.2 Å². The van der Waals surface area contributed by atoms with E-state index in [2.05, 4.69) is 20.7 Å². The number of anilines is 1. The first-order chi connectivity index (χ1) is 16.1. The molecule has 0 atom stereocenters. The van der Waals surface area contributed by atoms with Crippen LogP contribution in [0.15, 0.2) is 54.6 Å². The number of nitrogens with zero attached hydrogens (tertiary/aromatic N) is 6. The van der Waals surface area contributed by atoms with Crippen molar-refractivity contribution in [3.8, 4) is 5.75 Å². The van der Waals surface area contributed by atoms with Crippen LogP contribution in [-0.2, 0) is 22.7 Å². The fourth-order valence-corrected chi connectivity index (χ4v) is 3.58. The highest BCUT2D eigenvalue weighted by molar-refractivity contribution is 6.33. The van der Waals surface area contributed by atoms with Gasteiger partial charge in [0.25, 0.3) is 0 Å². The number of nitrogens with one attached hydrogen (secondary N) is 1. The van der Waals surface area contributed by atoms with Gasteiger partial charge in [0.15, 0.2) is 6.61 Å². The molecule has 0 unspecified atom stereocenters. The normalized spacial score (nSPS) is 14.2. The van der Waals surface area contributed by atoms with E-state index in [1.165, 1.54) is 4.80 Å². The third kappa shape index (κ3) is 6.50. The predicted molar refractivity (Wildman–Crippen MR) is 122 cm³/mol. The van der Waals surface area contributed by atoms with Gasteiger partial charge in [-0.1, -0.05) is 41.9 Å². The summed E-state index contributed by atoms with van der Waals surface area (Å²) in [4.78, 5) is 29.9. The van der Waals surface area contributed by atoms with Gasteiger partial charge in [-0.2, -0.15) is 4.80 Å². The Hall–Kier alpha value is -3.50. The Bertz CT molecular complexity index is 1080. The van der Waals surface area contributed by atoms with Crippen LogP contribution in [0.3, 0.4) is 0 Å². The van der Waals surface area contributed by atoms with Gasteiger partial charge in [0.2, 0.25) is 17.6 Å².